The van der Waals surface area contributed by atoms with E-state index in [1.54, 1.807) is 30.4 Å². The van der Waals surface area contributed by atoms with Crippen molar-refractivity contribution in [2.45, 2.75) is 20.0 Å². The Kier molecular flexibility index (Phi) is 5.98. The Morgan fingerprint density at radius 2 is 2.05 bits per heavy atom. The Hall–Kier alpha value is -2.28. The van der Waals surface area contributed by atoms with Gasteiger partial charge in [-0.3, -0.25) is 10.1 Å². The van der Waals surface area contributed by atoms with Gasteiger partial charge in [0.2, 0.25) is 0 Å². The van der Waals surface area contributed by atoms with E-state index in [2.05, 4.69) is 0 Å². The molecular weight excluding hydrogens is 300 g/mol. The van der Waals surface area contributed by atoms with E-state index in [-0.39, 0.29) is 6.61 Å². The zero-order valence-electron chi connectivity index (χ0n) is 11.5. The highest BCUT2D eigenvalue weighted by Crippen LogP contribution is 2.21. The second-order valence-corrected chi connectivity index (χ2v) is 4.62. The number of hydrogen-bond donors (Lipinski definition) is 2. The summed E-state index contributed by atoms with van der Waals surface area (Å²) in [5.41, 5.74) is 5.54. The molecule has 1 atom stereocenters. The molecule has 0 heterocycles. The van der Waals surface area contributed by atoms with Crippen molar-refractivity contribution >= 4 is 29.5 Å². The molecule has 0 saturated carbocycles. The molecule has 3 N–H and O–H groups in total. The third kappa shape index (κ3) is 5.70. The fraction of sp³-hybridized carbons (Fsp3) is 0.308. The van der Waals surface area contributed by atoms with Crippen molar-refractivity contribution in [3.05, 3.63) is 28.8 Å². The minimum atomic E-state index is -1.15. The van der Waals surface area contributed by atoms with Crippen molar-refractivity contribution in [1.29, 1.82) is 0 Å². The third-order valence-corrected chi connectivity index (χ3v) is 2.64. The smallest absolute Gasteiger partial charge is 0.344 e. The molecule has 8 heteroatoms. The summed E-state index contributed by atoms with van der Waals surface area (Å²) in [6.07, 6.45) is -1.15. The molecule has 21 heavy (non-hydrogen) atoms. The molecule has 0 aliphatic carbocycles. The van der Waals surface area contributed by atoms with Crippen LogP contribution in [0.25, 0.3) is 0 Å². The maximum Gasteiger partial charge on any atom is 0.344 e. The molecule has 0 bridgehead atoms. The number of hydrogen-bond acceptors (Lipinski definition) is 5. The van der Waals surface area contributed by atoms with Gasteiger partial charge in [0.15, 0.2) is 12.7 Å². The van der Waals surface area contributed by atoms with Gasteiger partial charge in [-0.2, -0.15) is 0 Å². The van der Waals surface area contributed by atoms with Crippen LogP contribution in [0.3, 0.4) is 0 Å². The van der Waals surface area contributed by atoms with E-state index in [1.165, 1.54) is 6.92 Å². The van der Waals surface area contributed by atoms with Crippen LogP contribution in [0.4, 0.5) is 4.79 Å². The lowest BCUT2D eigenvalue weighted by Gasteiger charge is -2.13. The predicted molar refractivity (Wildman–Crippen MR) is 75.0 cm³/mol. The number of carbonyl (C=O) groups is 3. The van der Waals surface area contributed by atoms with E-state index in [4.69, 9.17) is 26.8 Å². The maximum atomic E-state index is 11.5. The van der Waals surface area contributed by atoms with Gasteiger partial charge in [0.1, 0.15) is 5.75 Å². The minimum Gasteiger partial charge on any atom is -0.482 e. The average Bonchev–Trinajstić information content (AvgIpc) is 2.36. The fourth-order valence-corrected chi connectivity index (χ4v) is 1.65. The second-order valence-electron chi connectivity index (χ2n) is 4.18. The van der Waals surface area contributed by atoms with Crippen LogP contribution < -0.4 is 15.8 Å². The molecule has 1 rings (SSSR count). The number of ether oxygens (including phenoxy) is 2. The van der Waals surface area contributed by atoms with Crippen LogP contribution >= 0.6 is 11.6 Å². The lowest BCUT2D eigenvalue weighted by molar-refractivity contribution is -0.156. The first-order valence-electron chi connectivity index (χ1n) is 5.98. The van der Waals surface area contributed by atoms with Crippen LogP contribution in [-0.4, -0.2) is 30.6 Å². The molecular formula is C13H15ClN2O5. The van der Waals surface area contributed by atoms with E-state index >= 15 is 0 Å². The average molecular weight is 315 g/mol. The first kappa shape index (κ1) is 16.8. The molecule has 0 fully saturated rings. The van der Waals surface area contributed by atoms with Gasteiger partial charge < -0.3 is 15.2 Å². The molecule has 1 aromatic carbocycles. The molecule has 0 aliphatic rings. The zero-order chi connectivity index (χ0) is 16.0. The summed E-state index contributed by atoms with van der Waals surface area (Å²) in [5.74, 6) is -1.08. The lowest BCUT2D eigenvalue weighted by atomic mass is 10.2. The van der Waals surface area contributed by atoms with Crippen molar-refractivity contribution in [3.63, 3.8) is 0 Å². The number of aryl methyl sites for hydroxylation is 1. The Balaban J connectivity index is 2.47. The number of amides is 3. The molecule has 3 amide bonds. The van der Waals surface area contributed by atoms with Gasteiger partial charge >= 0.3 is 12.0 Å². The monoisotopic (exact) mass is 314 g/mol. The van der Waals surface area contributed by atoms with Crippen LogP contribution in [0, 0.1) is 6.92 Å². The topological polar surface area (TPSA) is 108 Å². The lowest BCUT2D eigenvalue weighted by Crippen LogP contribution is -2.42. The van der Waals surface area contributed by atoms with Crippen LogP contribution in [0.15, 0.2) is 18.2 Å². The van der Waals surface area contributed by atoms with Gasteiger partial charge in [0, 0.05) is 5.02 Å². The molecule has 7 nitrogen and oxygen atoms in total. The fourth-order valence-electron chi connectivity index (χ4n) is 1.42. The van der Waals surface area contributed by atoms with E-state index < -0.39 is 24.0 Å². The van der Waals surface area contributed by atoms with Crippen LogP contribution in [0.5, 0.6) is 5.75 Å². The first-order valence-corrected chi connectivity index (χ1v) is 6.36. The molecule has 1 aromatic rings. The SMILES string of the molecule is Cc1cc(Cl)ccc1OCC(=O)O[C@H](C)C(=O)NC(N)=O. The number of carbonyl (C=O) groups excluding carboxylic acids is 3. The van der Waals surface area contributed by atoms with Gasteiger partial charge in [-0.25, -0.2) is 9.59 Å². The number of esters is 1. The van der Waals surface area contributed by atoms with Crippen molar-refractivity contribution in [1.82, 2.24) is 5.32 Å². The molecule has 0 aliphatic heterocycles. The van der Waals surface area contributed by atoms with Gasteiger partial charge in [0.05, 0.1) is 0 Å². The molecule has 0 radical (unpaired) electrons. The molecule has 0 aromatic heterocycles. The summed E-state index contributed by atoms with van der Waals surface area (Å²) in [6.45, 7) is 2.70. The minimum absolute atomic E-state index is 0.378. The van der Waals surface area contributed by atoms with Crippen molar-refractivity contribution in [2.75, 3.05) is 6.61 Å². The molecule has 0 spiro atoms. The quantitative estimate of drug-likeness (QED) is 0.793. The van der Waals surface area contributed by atoms with E-state index in [0.29, 0.717) is 10.8 Å². The molecule has 0 unspecified atom stereocenters. The largest absolute Gasteiger partial charge is 0.482 e. The number of halogens is 1. The summed E-state index contributed by atoms with van der Waals surface area (Å²) in [7, 11) is 0. The number of nitrogens with one attached hydrogen (secondary N) is 1. The van der Waals surface area contributed by atoms with Gasteiger partial charge in [0.25, 0.3) is 5.91 Å². The zero-order valence-corrected chi connectivity index (χ0v) is 12.3. The van der Waals surface area contributed by atoms with Crippen LogP contribution in [0.2, 0.25) is 5.02 Å². The van der Waals surface area contributed by atoms with E-state index in [9.17, 15) is 14.4 Å². The Morgan fingerprint density at radius 1 is 1.38 bits per heavy atom. The highest BCUT2D eigenvalue weighted by molar-refractivity contribution is 6.30. The van der Waals surface area contributed by atoms with E-state index in [0.717, 1.165) is 5.56 Å². The molecule has 114 valence electrons. The Morgan fingerprint density at radius 3 is 2.62 bits per heavy atom. The maximum absolute atomic E-state index is 11.5. The van der Waals surface area contributed by atoms with Gasteiger partial charge in [-0.15, -0.1) is 0 Å². The highest BCUT2D eigenvalue weighted by atomic mass is 35.5. The van der Waals surface area contributed by atoms with E-state index in [1.807, 2.05) is 0 Å². The van der Waals surface area contributed by atoms with Crippen molar-refractivity contribution in [2.24, 2.45) is 5.73 Å². The van der Waals surface area contributed by atoms with Crippen LogP contribution in [0.1, 0.15) is 12.5 Å². The van der Waals surface area contributed by atoms with Crippen LogP contribution in [-0.2, 0) is 14.3 Å². The van der Waals surface area contributed by atoms with Gasteiger partial charge in [-0.05, 0) is 37.6 Å². The third-order valence-electron chi connectivity index (χ3n) is 2.41. The second kappa shape index (κ2) is 7.49. The predicted octanol–water partition coefficient (Wildman–Crippen LogP) is 1.15. The van der Waals surface area contributed by atoms with Crippen molar-refractivity contribution < 1.29 is 23.9 Å². The summed E-state index contributed by atoms with van der Waals surface area (Å²) in [5, 5.41) is 2.36. The Labute approximate surface area is 126 Å². The highest BCUT2D eigenvalue weighted by Gasteiger charge is 2.19. The number of urea groups is 1. The number of imide groups is 1. The standard InChI is InChI=1S/C13H15ClN2O5/c1-7-5-9(14)3-4-10(7)20-6-11(17)21-8(2)12(18)16-13(15)19/h3-5,8H,6H2,1-2H3,(H3,15,16,18,19)/t8-/m1/s1. The number of nitrogens with two attached hydrogens (primary N) is 1. The number of benzene rings is 1. The Bertz CT molecular complexity index is 561. The molecule has 0 saturated heterocycles. The van der Waals surface area contributed by atoms with Crippen molar-refractivity contribution in [3.8, 4) is 5.75 Å². The van der Waals surface area contributed by atoms with Gasteiger partial charge in [-0.1, -0.05) is 11.6 Å². The first-order chi connectivity index (χ1) is 9.79. The number of primary amides is 1. The summed E-state index contributed by atoms with van der Waals surface area (Å²) in [6, 6.07) is 3.91. The normalized spacial score (nSPS) is 11.4. The summed E-state index contributed by atoms with van der Waals surface area (Å²) in [4.78, 5) is 33.3. The number of rotatable bonds is 5. The summed E-state index contributed by atoms with van der Waals surface area (Å²) < 4.78 is 10.0. The summed E-state index contributed by atoms with van der Waals surface area (Å²) >= 11 is 5.80.